The molecule has 2 heterocycles. The van der Waals surface area contributed by atoms with Crippen molar-refractivity contribution in [3.63, 3.8) is 0 Å². The van der Waals surface area contributed by atoms with Gasteiger partial charge in [-0.3, -0.25) is 9.59 Å². The number of fused-ring (bicyclic) bond motifs is 1. The van der Waals surface area contributed by atoms with Gasteiger partial charge < -0.3 is 4.57 Å². The number of hydrogen-bond acceptors (Lipinski definition) is 3. The van der Waals surface area contributed by atoms with Gasteiger partial charge in [-0.15, -0.1) is 11.3 Å². The largest absolute Gasteiger partial charge is 0.340 e. The van der Waals surface area contributed by atoms with Crippen molar-refractivity contribution in [2.24, 2.45) is 7.05 Å². The van der Waals surface area contributed by atoms with E-state index in [4.69, 9.17) is 0 Å². The van der Waals surface area contributed by atoms with Crippen LogP contribution >= 0.6 is 11.3 Å². The zero-order valence-corrected chi connectivity index (χ0v) is 9.64. The Bertz CT molecular complexity index is 563. The van der Waals surface area contributed by atoms with Crippen molar-refractivity contribution in [2.45, 2.75) is 13.8 Å². The SMILES string of the molecule is CC(=O)c1c(C=O)n(C)c2cc(C)sc12. The number of aldehydes is 1. The van der Waals surface area contributed by atoms with Crippen molar-refractivity contribution in [3.05, 3.63) is 22.2 Å². The first-order valence-corrected chi connectivity index (χ1v) is 5.43. The van der Waals surface area contributed by atoms with Crippen LogP contribution in [0.25, 0.3) is 10.2 Å². The molecule has 0 aromatic carbocycles. The smallest absolute Gasteiger partial charge is 0.167 e. The van der Waals surface area contributed by atoms with Gasteiger partial charge in [-0.05, 0) is 19.9 Å². The molecule has 2 aromatic heterocycles. The Labute approximate surface area is 91.3 Å². The lowest BCUT2D eigenvalue weighted by Gasteiger charge is -1.97. The minimum Gasteiger partial charge on any atom is -0.340 e. The molecule has 0 saturated carbocycles. The van der Waals surface area contributed by atoms with E-state index >= 15 is 0 Å². The Morgan fingerprint density at radius 3 is 2.73 bits per heavy atom. The summed E-state index contributed by atoms with van der Waals surface area (Å²) < 4.78 is 2.70. The molecule has 0 N–H and O–H groups in total. The zero-order valence-electron chi connectivity index (χ0n) is 8.83. The first kappa shape index (κ1) is 10.1. The van der Waals surface area contributed by atoms with Crippen molar-refractivity contribution >= 4 is 33.6 Å². The fourth-order valence-corrected chi connectivity index (χ4v) is 2.96. The van der Waals surface area contributed by atoms with E-state index in [1.54, 1.807) is 15.9 Å². The summed E-state index contributed by atoms with van der Waals surface area (Å²) in [5.74, 6) is -0.0513. The summed E-state index contributed by atoms with van der Waals surface area (Å²) in [7, 11) is 1.81. The van der Waals surface area contributed by atoms with Gasteiger partial charge in [0.1, 0.15) is 0 Å². The predicted molar refractivity (Wildman–Crippen MR) is 60.9 cm³/mol. The van der Waals surface area contributed by atoms with E-state index in [9.17, 15) is 9.59 Å². The number of carbonyl (C=O) groups excluding carboxylic acids is 2. The van der Waals surface area contributed by atoms with Gasteiger partial charge in [-0.25, -0.2) is 0 Å². The fraction of sp³-hybridized carbons (Fsp3) is 0.273. The number of Topliss-reactive ketones (excluding diaryl/α,β-unsaturated/α-hetero) is 1. The quantitative estimate of drug-likeness (QED) is 0.577. The molecule has 0 unspecified atom stereocenters. The summed E-state index contributed by atoms with van der Waals surface area (Å²) in [5.41, 5.74) is 1.99. The van der Waals surface area contributed by atoms with Crippen LogP contribution in [0.3, 0.4) is 0 Å². The average molecular weight is 221 g/mol. The second-order valence-corrected chi connectivity index (χ2v) is 4.82. The first-order valence-electron chi connectivity index (χ1n) is 4.61. The van der Waals surface area contributed by atoms with E-state index in [2.05, 4.69) is 0 Å². The molecule has 4 heteroatoms. The molecule has 0 radical (unpaired) electrons. The Morgan fingerprint density at radius 1 is 1.53 bits per heavy atom. The molecule has 0 saturated heterocycles. The molecule has 0 aliphatic rings. The van der Waals surface area contributed by atoms with Crippen LogP contribution in [0.5, 0.6) is 0 Å². The van der Waals surface area contributed by atoms with Crippen molar-refractivity contribution in [2.75, 3.05) is 0 Å². The summed E-state index contributed by atoms with van der Waals surface area (Å²) in [6.45, 7) is 3.49. The molecule has 2 aromatic rings. The van der Waals surface area contributed by atoms with Crippen molar-refractivity contribution in [3.8, 4) is 0 Å². The van der Waals surface area contributed by atoms with E-state index in [-0.39, 0.29) is 5.78 Å². The highest BCUT2D eigenvalue weighted by molar-refractivity contribution is 7.19. The molecule has 78 valence electrons. The zero-order chi connectivity index (χ0) is 11.2. The van der Waals surface area contributed by atoms with Crippen LogP contribution in [0.1, 0.15) is 32.6 Å². The van der Waals surface area contributed by atoms with E-state index in [0.717, 1.165) is 21.4 Å². The number of rotatable bonds is 2. The van der Waals surface area contributed by atoms with Gasteiger partial charge in [-0.1, -0.05) is 0 Å². The molecular formula is C11H11NO2S. The van der Waals surface area contributed by atoms with Gasteiger partial charge in [0, 0.05) is 11.9 Å². The monoisotopic (exact) mass is 221 g/mol. The van der Waals surface area contributed by atoms with Crippen LogP contribution in [0.2, 0.25) is 0 Å². The van der Waals surface area contributed by atoms with Crippen LogP contribution in [0.15, 0.2) is 6.07 Å². The average Bonchev–Trinajstić information content (AvgIpc) is 2.63. The number of nitrogens with zero attached hydrogens (tertiary/aromatic N) is 1. The number of thiophene rings is 1. The summed E-state index contributed by atoms with van der Waals surface area (Å²) in [5, 5.41) is 0. The van der Waals surface area contributed by atoms with E-state index in [1.807, 2.05) is 20.0 Å². The second kappa shape index (κ2) is 3.31. The Kier molecular flexibility index (Phi) is 2.23. The number of carbonyl (C=O) groups is 2. The molecule has 0 fully saturated rings. The van der Waals surface area contributed by atoms with Crippen molar-refractivity contribution in [1.82, 2.24) is 4.57 Å². The van der Waals surface area contributed by atoms with Gasteiger partial charge in [0.05, 0.1) is 21.5 Å². The molecule has 0 aliphatic carbocycles. The highest BCUT2D eigenvalue weighted by Crippen LogP contribution is 2.32. The Balaban J connectivity index is 2.94. The normalized spacial score (nSPS) is 10.9. The maximum absolute atomic E-state index is 11.5. The van der Waals surface area contributed by atoms with Crippen LogP contribution in [0.4, 0.5) is 0 Å². The Morgan fingerprint density at radius 2 is 2.20 bits per heavy atom. The summed E-state index contributed by atoms with van der Waals surface area (Å²) >= 11 is 1.56. The van der Waals surface area contributed by atoms with Crippen molar-refractivity contribution < 1.29 is 9.59 Å². The predicted octanol–water partition coefficient (Wildman–Crippen LogP) is 2.56. The number of ketones is 1. The Hall–Kier alpha value is -1.42. The molecular weight excluding hydrogens is 210 g/mol. The van der Waals surface area contributed by atoms with Crippen molar-refractivity contribution in [1.29, 1.82) is 0 Å². The van der Waals surface area contributed by atoms with E-state index < -0.39 is 0 Å². The van der Waals surface area contributed by atoms with Gasteiger partial charge in [0.15, 0.2) is 12.1 Å². The van der Waals surface area contributed by atoms with Gasteiger partial charge in [0.2, 0.25) is 0 Å². The summed E-state index contributed by atoms with van der Waals surface area (Å²) in [4.78, 5) is 23.6. The lowest BCUT2D eigenvalue weighted by Crippen LogP contribution is -2.00. The molecule has 3 nitrogen and oxygen atoms in total. The standard InChI is InChI=1S/C11H11NO2S/c1-6-4-8-11(15-6)10(7(2)14)9(5-13)12(8)3/h4-5H,1-3H3. The number of aryl methyl sites for hydroxylation is 2. The van der Waals surface area contributed by atoms with E-state index in [0.29, 0.717) is 11.3 Å². The highest BCUT2D eigenvalue weighted by Gasteiger charge is 2.19. The fourth-order valence-electron chi connectivity index (χ4n) is 1.82. The van der Waals surface area contributed by atoms with Crippen LogP contribution < -0.4 is 0 Å². The summed E-state index contributed by atoms with van der Waals surface area (Å²) in [6.07, 6.45) is 0.749. The van der Waals surface area contributed by atoms with Crippen LogP contribution in [-0.2, 0) is 7.05 Å². The third-order valence-corrected chi connectivity index (χ3v) is 3.56. The highest BCUT2D eigenvalue weighted by atomic mass is 32.1. The first-order chi connectivity index (χ1) is 7.06. The minimum atomic E-state index is -0.0513. The number of aromatic nitrogens is 1. The molecule has 0 bridgehead atoms. The van der Waals surface area contributed by atoms with Crippen LogP contribution in [-0.4, -0.2) is 16.6 Å². The summed E-state index contributed by atoms with van der Waals surface area (Å²) in [6, 6.07) is 2.00. The van der Waals surface area contributed by atoms with Gasteiger partial charge in [-0.2, -0.15) is 0 Å². The topological polar surface area (TPSA) is 39.1 Å². The molecule has 2 rings (SSSR count). The third kappa shape index (κ3) is 1.33. The van der Waals surface area contributed by atoms with Crippen LogP contribution in [0, 0.1) is 6.92 Å². The second-order valence-electron chi connectivity index (χ2n) is 3.56. The van der Waals surface area contributed by atoms with Gasteiger partial charge >= 0.3 is 0 Å². The van der Waals surface area contributed by atoms with Gasteiger partial charge in [0.25, 0.3) is 0 Å². The molecule has 0 spiro atoms. The molecule has 15 heavy (non-hydrogen) atoms. The lowest BCUT2D eigenvalue weighted by molar-refractivity contribution is 0.101. The molecule has 0 atom stereocenters. The third-order valence-electron chi connectivity index (χ3n) is 2.51. The number of hydrogen-bond donors (Lipinski definition) is 0. The minimum absolute atomic E-state index is 0.0513. The molecule has 0 amide bonds. The van der Waals surface area contributed by atoms with E-state index in [1.165, 1.54) is 6.92 Å². The molecule has 0 aliphatic heterocycles. The maximum atomic E-state index is 11.5. The lowest BCUT2D eigenvalue weighted by atomic mass is 10.2. The maximum Gasteiger partial charge on any atom is 0.167 e.